The molecular formula is C57H98O12. The van der Waals surface area contributed by atoms with E-state index in [2.05, 4.69) is 69.4 Å². The van der Waals surface area contributed by atoms with Crippen molar-refractivity contribution in [3.63, 3.8) is 0 Å². The Morgan fingerprint density at radius 3 is 1.39 bits per heavy atom. The molecule has 0 spiro atoms. The van der Waals surface area contributed by atoms with Crippen molar-refractivity contribution >= 4 is 23.9 Å². The van der Waals surface area contributed by atoms with Crippen LogP contribution in [-0.2, 0) is 42.9 Å². The minimum atomic E-state index is -1.91. The normalized spacial score (nSPS) is 19.0. The van der Waals surface area contributed by atoms with E-state index in [1.165, 1.54) is 64.2 Å². The predicted octanol–water partition coefficient (Wildman–Crippen LogP) is 13.4. The molecule has 1 aliphatic rings. The highest BCUT2D eigenvalue weighted by Crippen LogP contribution is 2.26. The van der Waals surface area contributed by atoms with E-state index in [0.717, 1.165) is 116 Å². The second-order valence-corrected chi connectivity index (χ2v) is 18.9. The summed E-state index contributed by atoms with van der Waals surface area (Å²) in [5, 5.41) is 31.4. The highest BCUT2D eigenvalue weighted by molar-refractivity contribution is 5.74. The Bertz CT molecular complexity index is 1390. The van der Waals surface area contributed by atoms with Crippen LogP contribution in [0, 0.1) is 0 Å². The van der Waals surface area contributed by atoms with Gasteiger partial charge in [0.25, 0.3) is 0 Å². The predicted molar refractivity (Wildman–Crippen MR) is 276 cm³/mol. The van der Waals surface area contributed by atoms with Crippen molar-refractivity contribution in [2.75, 3.05) is 13.2 Å². The summed E-state index contributed by atoms with van der Waals surface area (Å²) in [4.78, 5) is 50.9. The lowest BCUT2D eigenvalue weighted by atomic mass is 9.98. The number of aliphatic hydroxyl groups excluding tert-OH is 2. The molecule has 6 unspecified atom stereocenters. The summed E-state index contributed by atoms with van der Waals surface area (Å²) in [5.41, 5.74) is 0. The Labute approximate surface area is 418 Å². The molecule has 12 heteroatoms. The minimum absolute atomic E-state index is 0.0440. The van der Waals surface area contributed by atoms with Crippen molar-refractivity contribution in [3.8, 4) is 0 Å². The molecule has 0 bridgehead atoms. The second kappa shape index (κ2) is 45.8. The summed E-state index contributed by atoms with van der Waals surface area (Å²) in [5.74, 6) is -3.15. The molecule has 12 nitrogen and oxygen atoms in total. The molecule has 1 fully saturated rings. The monoisotopic (exact) mass is 975 g/mol. The first kappa shape index (κ1) is 63.7. The van der Waals surface area contributed by atoms with Gasteiger partial charge in [-0.05, 0) is 77.0 Å². The topological polar surface area (TPSA) is 175 Å². The molecule has 69 heavy (non-hydrogen) atoms. The van der Waals surface area contributed by atoms with E-state index in [9.17, 15) is 34.5 Å². The molecule has 6 atom stereocenters. The molecule has 0 aliphatic carbocycles. The summed E-state index contributed by atoms with van der Waals surface area (Å²) in [6, 6.07) is 0. The van der Waals surface area contributed by atoms with Gasteiger partial charge >= 0.3 is 23.9 Å². The van der Waals surface area contributed by atoms with Crippen LogP contribution in [0.1, 0.15) is 239 Å². The third kappa shape index (κ3) is 36.3. The minimum Gasteiger partial charge on any atom is -0.479 e. The zero-order chi connectivity index (χ0) is 50.4. The van der Waals surface area contributed by atoms with Crippen LogP contribution < -0.4 is 0 Å². The third-order valence-corrected chi connectivity index (χ3v) is 12.4. The highest BCUT2D eigenvalue weighted by atomic mass is 16.7. The maximum Gasteiger partial charge on any atom is 0.335 e. The number of carbonyl (C=O) groups excluding carboxylic acids is 3. The van der Waals surface area contributed by atoms with Gasteiger partial charge in [0.1, 0.15) is 18.8 Å². The van der Waals surface area contributed by atoms with Crippen LogP contribution in [0.2, 0.25) is 0 Å². The molecule has 0 aromatic heterocycles. The molecule has 3 N–H and O–H groups in total. The van der Waals surface area contributed by atoms with E-state index in [1.807, 2.05) is 0 Å². The van der Waals surface area contributed by atoms with Crippen molar-refractivity contribution in [1.82, 2.24) is 0 Å². The van der Waals surface area contributed by atoms with Gasteiger partial charge < -0.3 is 39.0 Å². The Kier molecular flexibility index (Phi) is 42.3. The van der Waals surface area contributed by atoms with Gasteiger partial charge in [-0.25, -0.2) is 4.79 Å². The molecule has 1 rings (SSSR count). The lowest BCUT2D eigenvalue weighted by Crippen LogP contribution is -2.61. The van der Waals surface area contributed by atoms with E-state index in [-0.39, 0.29) is 25.9 Å². The number of carbonyl (C=O) groups is 4. The van der Waals surface area contributed by atoms with Crippen LogP contribution in [0.5, 0.6) is 0 Å². The fourth-order valence-corrected chi connectivity index (χ4v) is 8.08. The standard InChI is InChI=1S/C57H98O12/c1-4-7-10-13-16-19-22-24-25-27-29-31-34-37-40-43-49(58)65-46-48(67-50(59)44-41-38-35-32-28-21-18-15-12-9-6-3)47-66-57-55(53(62)52(61)54(69-57)56(63)64)68-51(60)45-42-39-36-33-30-26-23-20-17-14-11-8-5-2/h11,14,16,19-20,23-25,48,52-55,57,61-62H,4-10,12-13,15,17-18,21-22,26-47H2,1-3H3,(H,63,64)/b14-11-,19-16-,23-20-,25-24-. The van der Waals surface area contributed by atoms with Crippen LogP contribution in [0.15, 0.2) is 48.6 Å². The largest absolute Gasteiger partial charge is 0.479 e. The summed E-state index contributed by atoms with van der Waals surface area (Å²) >= 11 is 0. The summed E-state index contributed by atoms with van der Waals surface area (Å²) in [7, 11) is 0. The van der Waals surface area contributed by atoms with E-state index in [4.69, 9.17) is 23.7 Å². The fourth-order valence-electron chi connectivity index (χ4n) is 8.08. The number of hydrogen-bond acceptors (Lipinski definition) is 11. The second-order valence-electron chi connectivity index (χ2n) is 18.9. The van der Waals surface area contributed by atoms with Gasteiger partial charge in [-0.3, -0.25) is 14.4 Å². The van der Waals surface area contributed by atoms with E-state index < -0.39 is 67.3 Å². The lowest BCUT2D eigenvalue weighted by molar-refractivity contribution is -0.301. The van der Waals surface area contributed by atoms with Gasteiger partial charge in [0, 0.05) is 19.3 Å². The number of ether oxygens (including phenoxy) is 5. The van der Waals surface area contributed by atoms with Crippen molar-refractivity contribution in [1.29, 1.82) is 0 Å². The number of esters is 3. The van der Waals surface area contributed by atoms with Gasteiger partial charge in [-0.1, -0.05) is 191 Å². The summed E-state index contributed by atoms with van der Waals surface area (Å²) in [6.45, 7) is 5.86. The Morgan fingerprint density at radius 1 is 0.478 bits per heavy atom. The SMILES string of the molecule is CCC/C=C\C/C=C\CCCCCCCC(=O)OC1C(OCC(COC(=O)CCCCCCC/C=C\C/C=C\CCCCC)OC(=O)CCCCCCCCCCCCC)OC(C(=O)O)C(O)C1O. The van der Waals surface area contributed by atoms with Crippen LogP contribution in [-0.4, -0.2) is 89.2 Å². The fraction of sp³-hybridized carbons (Fsp3) is 0.789. The van der Waals surface area contributed by atoms with Gasteiger partial charge in [0.15, 0.2) is 24.6 Å². The number of hydrogen-bond donors (Lipinski definition) is 3. The van der Waals surface area contributed by atoms with Crippen LogP contribution in [0.25, 0.3) is 0 Å². The molecule has 0 saturated carbocycles. The molecule has 0 aromatic carbocycles. The molecule has 398 valence electrons. The number of carboxylic acid groups (broad SMARTS) is 1. The van der Waals surface area contributed by atoms with Crippen molar-refractivity contribution in [2.45, 2.75) is 276 Å². The number of rotatable bonds is 46. The Balaban J connectivity index is 2.72. The highest BCUT2D eigenvalue weighted by Gasteiger charge is 2.50. The molecule has 1 saturated heterocycles. The van der Waals surface area contributed by atoms with Gasteiger partial charge in [0.2, 0.25) is 0 Å². The first-order chi connectivity index (χ1) is 33.6. The molecule has 1 aliphatic heterocycles. The molecule has 0 aromatic rings. The average molecular weight is 975 g/mol. The first-order valence-corrected chi connectivity index (χ1v) is 27.6. The van der Waals surface area contributed by atoms with Crippen molar-refractivity contribution < 1.29 is 58.2 Å². The Morgan fingerprint density at radius 2 is 0.899 bits per heavy atom. The Hall–Kier alpha value is -3.32. The zero-order valence-corrected chi connectivity index (χ0v) is 43.6. The van der Waals surface area contributed by atoms with Crippen molar-refractivity contribution in [3.05, 3.63) is 48.6 Å². The molecule has 0 amide bonds. The number of aliphatic carboxylic acids is 1. The summed E-state index contributed by atoms with van der Waals surface area (Å²) in [6.07, 6.45) is 40.9. The molecular weight excluding hydrogens is 877 g/mol. The number of allylic oxidation sites excluding steroid dienone is 8. The molecule has 0 radical (unpaired) electrons. The van der Waals surface area contributed by atoms with Crippen molar-refractivity contribution in [2.24, 2.45) is 0 Å². The maximum absolute atomic E-state index is 13.1. The quantitative estimate of drug-likeness (QED) is 0.0228. The molecule has 1 heterocycles. The van der Waals surface area contributed by atoms with Crippen LogP contribution in [0.3, 0.4) is 0 Å². The van der Waals surface area contributed by atoms with Crippen LogP contribution >= 0.6 is 0 Å². The van der Waals surface area contributed by atoms with E-state index in [0.29, 0.717) is 19.3 Å². The summed E-state index contributed by atoms with van der Waals surface area (Å²) < 4.78 is 28.3. The number of aliphatic hydroxyl groups is 2. The number of unbranched alkanes of at least 4 members (excludes halogenated alkanes) is 24. The lowest BCUT2D eigenvalue weighted by Gasteiger charge is -2.40. The zero-order valence-electron chi connectivity index (χ0n) is 43.6. The van der Waals surface area contributed by atoms with E-state index in [1.54, 1.807) is 0 Å². The van der Waals surface area contributed by atoms with Gasteiger partial charge in [-0.15, -0.1) is 0 Å². The average Bonchev–Trinajstić information content (AvgIpc) is 3.33. The maximum atomic E-state index is 13.1. The van der Waals surface area contributed by atoms with Crippen LogP contribution in [0.4, 0.5) is 0 Å². The smallest absolute Gasteiger partial charge is 0.335 e. The van der Waals surface area contributed by atoms with E-state index >= 15 is 0 Å². The van der Waals surface area contributed by atoms with Gasteiger partial charge in [-0.2, -0.15) is 0 Å². The first-order valence-electron chi connectivity index (χ1n) is 27.6. The number of carboxylic acids is 1. The van der Waals surface area contributed by atoms with Gasteiger partial charge in [0.05, 0.1) is 6.61 Å². The third-order valence-electron chi connectivity index (χ3n) is 12.4.